The molecule has 0 saturated carbocycles. The quantitative estimate of drug-likeness (QED) is 0.886. The maximum absolute atomic E-state index is 13.5. The van der Waals surface area contributed by atoms with Gasteiger partial charge in [0.2, 0.25) is 0 Å². The lowest BCUT2D eigenvalue weighted by Crippen LogP contribution is -2.31. The molecule has 2 nitrogen and oxygen atoms in total. The van der Waals surface area contributed by atoms with Crippen LogP contribution < -0.4 is 4.90 Å². The Labute approximate surface area is 125 Å². The summed E-state index contributed by atoms with van der Waals surface area (Å²) in [6.45, 7) is 6.58. The Morgan fingerprint density at radius 3 is 2.29 bits per heavy atom. The summed E-state index contributed by atoms with van der Waals surface area (Å²) < 4.78 is 13.5. The highest BCUT2D eigenvalue weighted by Crippen LogP contribution is 2.30. The van der Waals surface area contributed by atoms with Crippen molar-refractivity contribution in [3.8, 4) is 0 Å². The molecule has 0 fully saturated rings. The summed E-state index contributed by atoms with van der Waals surface area (Å²) in [5.41, 5.74) is 2.69. The zero-order valence-electron chi connectivity index (χ0n) is 12.8. The SMILES string of the molecule is CC(C)N(Cc1ccccc1)c1ccc(F)cc1[C@@H](C)O. The summed E-state index contributed by atoms with van der Waals surface area (Å²) in [4.78, 5) is 2.18. The predicted molar refractivity (Wildman–Crippen MR) is 84.8 cm³/mol. The smallest absolute Gasteiger partial charge is 0.123 e. The van der Waals surface area contributed by atoms with Crippen LogP contribution in [0.3, 0.4) is 0 Å². The van der Waals surface area contributed by atoms with Crippen molar-refractivity contribution < 1.29 is 9.50 Å². The van der Waals surface area contributed by atoms with Crippen LogP contribution in [0.25, 0.3) is 0 Å². The first-order valence-corrected chi connectivity index (χ1v) is 7.27. The Bertz CT molecular complexity index is 581. The van der Waals surface area contributed by atoms with Crippen molar-refractivity contribution in [3.05, 3.63) is 65.5 Å². The second-order valence-corrected chi connectivity index (χ2v) is 5.59. The maximum atomic E-state index is 13.5. The number of hydrogen-bond donors (Lipinski definition) is 1. The van der Waals surface area contributed by atoms with Gasteiger partial charge in [0.05, 0.1) is 6.10 Å². The van der Waals surface area contributed by atoms with Gasteiger partial charge in [-0.3, -0.25) is 0 Å². The van der Waals surface area contributed by atoms with Crippen molar-refractivity contribution >= 4 is 5.69 Å². The number of aliphatic hydroxyl groups is 1. The maximum Gasteiger partial charge on any atom is 0.123 e. The molecule has 0 aromatic heterocycles. The van der Waals surface area contributed by atoms with Gasteiger partial charge in [0, 0.05) is 23.8 Å². The molecule has 0 heterocycles. The van der Waals surface area contributed by atoms with Gasteiger partial charge in [0.25, 0.3) is 0 Å². The topological polar surface area (TPSA) is 23.5 Å². The Balaban J connectivity index is 2.39. The van der Waals surface area contributed by atoms with Gasteiger partial charge in [0.15, 0.2) is 0 Å². The molecule has 3 heteroatoms. The monoisotopic (exact) mass is 287 g/mol. The fraction of sp³-hybridized carbons (Fsp3) is 0.333. The van der Waals surface area contributed by atoms with Crippen molar-refractivity contribution in [2.45, 2.75) is 39.5 Å². The molecule has 0 radical (unpaired) electrons. The minimum atomic E-state index is -0.701. The lowest BCUT2D eigenvalue weighted by Gasteiger charge is -2.32. The van der Waals surface area contributed by atoms with E-state index in [9.17, 15) is 9.50 Å². The molecule has 0 aliphatic carbocycles. The van der Waals surface area contributed by atoms with E-state index >= 15 is 0 Å². The number of rotatable bonds is 5. The number of benzene rings is 2. The van der Waals surface area contributed by atoms with E-state index < -0.39 is 6.10 Å². The van der Waals surface area contributed by atoms with Crippen LogP contribution in [0.2, 0.25) is 0 Å². The van der Waals surface area contributed by atoms with Gasteiger partial charge in [-0.15, -0.1) is 0 Å². The van der Waals surface area contributed by atoms with Crippen LogP contribution in [0.15, 0.2) is 48.5 Å². The summed E-state index contributed by atoms with van der Waals surface area (Å²) >= 11 is 0. The van der Waals surface area contributed by atoms with Crippen molar-refractivity contribution in [1.82, 2.24) is 0 Å². The molecule has 0 unspecified atom stereocenters. The Kier molecular flexibility index (Phi) is 4.97. The molecule has 0 bridgehead atoms. The van der Waals surface area contributed by atoms with Crippen LogP contribution in [-0.2, 0) is 6.54 Å². The molecule has 0 aliphatic rings. The first-order valence-electron chi connectivity index (χ1n) is 7.27. The van der Waals surface area contributed by atoms with E-state index in [2.05, 4.69) is 30.9 Å². The van der Waals surface area contributed by atoms with Gasteiger partial charge >= 0.3 is 0 Å². The average Bonchev–Trinajstić information content (AvgIpc) is 2.46. The third kappa shape index (κ3) is 3.82. The highest BCUT2D eigenvalue weighted by atomic mass is 19.1. The molecule has 2 aromatic rings. The fourth-order valence-corrected chi connectivity index (χ4v) is 2.45. The summed E-state index contributed by atoms with van der Waals surface area (Å²) in [6, 6.07) is 15.0. The zero-order chi connectivity index (χ0) is 15.4. The van der Waals surface area contributed by atoms with E-state index in [1.165, 1.54) is 17.7 Å². The van der Waals surface area contributed by atoms with Gasteiger partial charge < -0.3 is 10.0 Å². The minimum absolute atomic E-state index is 0.244. The highest BCUT2D eigenvalue weighted by molar-refractivity contribution is 5.55. The highest BCUT2D eigenvalue weighted by Gasteiger charge is 2.18. The van der Waals surface area contributed by atoms with Gasteiger partial charge in [-0.05, 0) is 44.5 Å². The molecule has 1 N–H and O–H groups in total. The van der Waals surface area contributed by atoms with E-state index in [0.717, 1.165) is 12.2 Å². The number of nitrogens with zero attached hydrogens (tertiary/aromatic N) is 1. The third-order valence-corrected chi connectivity index (χ3v) is 3.57. The normalized spacial score (nSPS) is 12.5. The molecule has 0 spiro atoms. The second-order valence-electron chi connectivity index (χ2n) is 5.59. The van der Waals surface area contributed by atoms with Crippen molar-refractivity contribution in [1.29, 1.82) is 0 Å². The van der Waals surface area contributed by atoms with E-state index in [1.54, 1.807) is 13.0 Å². The number of anilines is 1. The summed E-state index contributed by atoms with van der Waals surface area (Å²) in [5.74, 6) is -0.321. The Hall–Kier alpha value is -1.87. The van der Waals surface area contributed by atoms with E-state index in [0.29, 0.717) is 5.56 Å². The first kappa shape index (κ1) is 15.5. The van der Waals surface area contributed by atoms with Gasteiger partial charge in [0.1, 0.15) is 5.82 Å². The Morgan fingerprint density at radius 2 is 1.71 bits per heavy atom. The van der Waals surface area contributed by atoms with Crippen LogP contribution in [0.5, 0.6) is 0 Å². The summed E-state index contributed by atoms with van der Waals surface area (Å²) in [5, 5.41) is 9.93. The van der Waals surface area contributed by atoms with Crippen LogP contribution >= 0.6 is 0 Å². The van der Waals surface area contributed by atoms with Gasteiger partial charge in [-0.2, -0.15) is 0 Å². The summed E-state index contributed by atoms with van der Waals surface area (Å²) in [6.07, 6.45) is -0.701. The van der Waals surface area contributed by atoms with Crippen molar-refractivity contribution in [2.24, 2.45) is 0 Å². The third-order valence-electron chi connectivity index (χ3n) is 3.57. The van der Waals surface area contributed by atoms with Crippen molar-refractivity contribution in [3.63, 3.8) is 0 Å². The lowest BCUT2D eigenvalue weighted by atomic mass is 10.0. The predicted octanol–water partition coefficient (Wildman–Crippen LogP) is 4.29. The van der Waals surface area contributed by atoms with Crippen LogP contribution in [-0.4, -0.2) is 11.1 Å². The lowest BCUT2D eigenvalue weighted by molar-refractivity contribution is 0.199. The minimum Gasteiger partial charge on any atom is -0.389 e. The fourth-order valence-electron chi connectivity index (χ4n) is 2.45. The number of hydrogen-bond acceptors (Lipinski definition) is 2. The molecule has 0 aliphatic heterocycles. The standard InChI is InChI=1S/C18H22FNO/c1-13(2)20(12-15-7-5-4-6-8-15)18-10-9-16(19)11-17(18)14(3)21/h4-11,13-14,21H,12H2,1-3H3/t14-/m1/s1. The molecule has 2 rings (SSSR count). The van der Waals surface area contributed by atoms with Crippen LogP contribution in [0, 0.1) is 5.82 Å². The van der Waals surface area contributed by atoms with E-state index in [1.807, 2.05) is 18.2 Å². The summed E-state index contributed by atoms with van der Waals surface area (Å²) in [7, 11) is 0. The second kappa shape index (κ2) is 6.72. The zero-order valence-corrected chi connectivity index (χ0v) is 12.8. The van der Waals surface area contributed by atoms with Gasteiger partial charge in [-0.25, -0.2) is 4.39 Å². The van der Waals surface area contributed by atoms with E-state index in [4.69, 9.17) is 0 Å². The molecule has 112 valence electrons. The molecular weight excluding hydrogens is 265 g/mol. The molecule has 21 heavy (non-hydrogen) atoms. The molecule has 1 atom stereocenters. The first-order chi connectivity index (χ1) is 9.99. The number of halogens is 1. The molecular formula is C18H22FNO. The molecule has 0 saturated heterocycles. The van der Waals surface area contributed by atoms with Crippen molar-refractivity contribution in [2.75, 3.05) is 4.90 Å². The van der Waals surface area contributed by atoms with Crippen LogP contribution in [0.1, 0.15) is 38.0 Å². The average molecular weight is 287 g/mol. The molecule has 0 amide bonds. The van der Waals surface area contributed by atoms with Crippen LogP contribution in [0.4, 0.5) is 10.1 Å². The number of aliphatic hydroxyl groups excluding tert-OH is 1. The van der Waals surface area contributed by atoms with Gasteiger partial charge in [-0.1, -0.05) is 30.3 Å². The largest absolute Gasteiger partial charge is 0.389 e. The molecule has 2 aromatic carbocycles. The Morgan fingerprint density at radius 1 is 1.05 bits per heavy atom. The van der Waals surface area contributed by atoms with E-state index in [-0.39, 0.29) is 11.9 Å².